The highest BCUT2D eigenvalue weighted by Gasteiger charge is 2.37. The molecule has 0 bridgehead atoms. The van der Waals surface area contributed by atoms with E-state index in [-0.39, 0.29) is 24.1 Å². The molecule has 1 aromatic carbocycles. The summed E-state index contributed by atoms with van der Waals surface area (Å²) in [7, 11) is 1.67. The molecule has 27 heavy (non-hydrogen) atoms. The maximum Gasteiger partial charge on any atom is 0.235 e. The van der Waals surface area contributed by atoms with E-state index in [4.69, 9.17) is 9.47 Å². The van der Waals surface area contributed by atoms with Gasteiger partial charge in [0.2, 0.25) is 10.8 Å². The molecule has 0 saturated carbocycles. The van der Waals surface area contributed by atoms with Gasteiger partial charge in [-0.3, -0.25) is 0 Å². The number of nitrogens with one attached hydrogen (secondary N) is 1. The van der Waals surface area contributed by atoms with Gasteiger partial charge in [-0.1, -0.05) is 23.5 Å². The molecule has 0 radical (unpaired) electrons. The first kappa shape index (κ1) is 18.2. The van der Waals surface area contributed by atoms with E-state index in [2.05, 4.69) is 30.0 Å². The van der Waals surface area contributed by atoms with E-state index >= 15 is 0 Å². The van der Waals surface area contributed by atoms with Crippen LogP contribution in [-0.4, -0.2) is 52.1 Å². The van der Waals surface area contributed by atoms with Gasteiger partial charge < -0.3 is 19.5 Å². The van der Waals surface area contributed by atoms with Crippen molar-refractivity contribution in [1.82, 2.24) is 14.6 Å². The number of hydrogen-bond donors (Lipinski definition) is 2. The molecule has 1 unspecified atom stereocenters. The van der Waals surface area contributed by atoms with E-state index < -0.39 is 0 Å². The Labute approximate surface area is 162 Å². The van der Waals surface area contributed by atoms with Crippen LogP contribution in [0, 0.1) is 6.92 Å². The third kappa shape index (κ3) is 3.40. The Morgan fingerprint density at radius 2 is 2.07 bits per heavy atom. The second-order valence-electron chi connectivity index (χ2n) is 7.18. The molecule has 2 N–H and O–H groups in total. The number of ether oxygens (including phenoxy) is 2. The summed E-state index contributed by atoms with van der Waals surface area (Å²) in [6, 6.07) is 8.02. The minimum Gasteiger partial charge on any atom is -0.497 e. The van der Waals surface area contributed by atoms with Gasteiger partial charge in [-0.05, 0) is 32.9 Å². The molecule has 144 valence electrons. The third-order valence-corrected chi connectivity index (χ3v) is 6.05. The number of thiazole rings is 1. The minimum atomic E-state index is -0.0392. The number of morpholine rings is 1. The number of aromatic hydroxyl groups is 1. The van der Waals surface area contributed by atoms with Crippen molar-refractivity contribution in [3.8, 4) is 11.6 Å². The van der Waals surface area contributed by atoms with Crippen molar-refractivity contribution in [2.24, 2.45) is 0 Å². The molecule has 1 aliphatic heterocycles. The normalized spacial score (nSPS) is 24.2. The van der Waals surface area contributed by atoms with E-state index in [1.54, 1.807) is 7.11 Å². The summed E-state index contributed by atoms with van der Waals surface area (Å²) >= 11 is 1.49. The number of methoxy groups -OCH3 is 1. The Balaban J connectivity index is 1.83. The van der Waals surface area contributed by atoms with Crippen LogP contribution in [0.25, 0.3) is 4.96 Å². The topological polar surface area (TPSA) is 73.3 Å². The number of rotatable bonds is 4. The lowest BCUT2D eigenvalue weighted by Crippen LogP contribution is -3.15. The van der Waals surface area contributed by atoms with Crippen molar-refractivity contribution >= 4 is 16.3 Å². The van der Waals surface area contributed by atoms with Crippen molar-refractivity contribution in [2.75, 3.05) is 20.2 Å². The molecule has 1 fully saturated rings. The molecule has 8 heteroatoms. The largest absolute Gasteiger partial charge is 0.497 e. The van der Waals surface area contributed by atoms with E-state index in [1.165, 1.54) is 20.8 Å². The summed E-state index contributed by atoms with van der Waals surface area (Å²) in [5, 5.41) is 15.2. The first-order valence-electron chi connectivity index (χ1n) is 9.15. The maximum absolute atomic E-state index is 10.9. The van der Waals surface area contributed by atoms with Gasteiger partial charge in [0.25, 0.3) is 0 Å². The molecule has 2 aromatic heterocycles. The number of quaternary nitrogens is 1. The third-order valence-electron chi connectivity index (χ3n) is 4.97. The quantitative estimate of drug-likeness (QED) is 0.709. The number of benzene rings is 1. The molecular weight excluding hydrogens is 364 g/mol. The van der Waals surface area contributed by atoms with Crippen LogP contribution in [0.2, 0.25) is 0 Å². The average Bonchev–Trinajstić information content (AvgIpc) is 3.12. The molecule has 0 amide bonds. The van der Waals surface area contributed by atoms with Gasteiger partial charge in [0.1, 0.15) is 41.7 Å². The van der Waals surface area contributed by atoms with Crippen LogP contribution in [-0.2, 0) is 4.74 Å². The number of aryl methyl sites for hydroxylation is 1. The highest BCUT2D eigenvalue weighted by Crippen LogP contribution is 2.36. The van der Waals surface area contributed by atoms with Gasteiger partial charge in [0.05, 0.1) is 7.11 Å². The fraction of sp³-hybridized carbons (Fsp3) is 0.474. The van der Waals surface area contributed by atoms with Crippen LogP contribution in [0.1, 0.15) is 36.2 Å². The summed E-state index contributed by atoms with van der Waals surface area (Å²) < 4.78 is 12.9. The van der Waals surface area contributed by atoms with Gasteiger partial charge >= 0.3 is 0 Å². The van der Waals surface area contributed by atoms with Crippen molar-refractivity contribution in [1.29, 1.82) is 0 Å². The van der Waals surface area contributed by atoms with Gasteiger partial charge in [-0.25, -0.2) is 4.98 Å². The minimum absolute atomic E-state index is 0.0392. The monoisotopic (exact) mass is 389 g/mol. The zero-order chi connectivity index (χ0) is 19.1. The first-order valence-corrected chi connectivity index (χ1v) is 9.97. The lowest BCUT2D eigenvalue weighted by Gasteiger charge is -2.37. The highest BCUT2D eigenvalue weighted by molar-refractivity contribution is 7.17. The van der Waals surface area contributed by atoms with E-state index in [0.29, 0.717) is 10.8 Å². The summed E-state index contributed by atoms with van der Waals surface area (Å²) in [5.41, 5.74) is 1.10. The Bertz CT molecular complexity index is 944. The van der Waals surface area contributed by atoms with Crippen LogP contribution < -0.4 is 9.64 Å². The molecule has 0 spiro atoms. The SMILES string of the molecule is COc1cccc([C@@H](c2sc3nc(C)nn3c2O)[NH+]2C[C@@H](C)O[C@@H](C)C2)c1. The van der Waals surface area contributed by atoms with Crippen molar-refractivity contribution < 1.29 is 19.5 Å². The highest BCUT2D eigenvalue weighted by atomic mass is 32.1. The molecule has 1 saturated heterocycles. The zero-order valence-corrected chi connectivity index (χ0v) is 16.8. The maximum atomic E-state index is 10.9. The van der Waals surface area contributed by atoms with Gasteiger partial charge in [-0.2, -0.15) is 4.52 Å². The standard InChI is InChI=1S/C19H24N4O3S/c1-11-9-22(10-12(2)26-11)16(14-6-5-7-15(8-14)25-4)17-18(24)23-19(27-17)20-13(3)21-23/h5-8,11-12,16,24H,9-10H2,1-4H3/p+1/t11-,12+,16-/m0/s1. The van der Waals surface area contributed by atoms with Crippen molar-refractivity contribution in [3.63, 3.8) is 0 Å². The molecule has 4 rings (SSSR count). The van der Waals surface area contributed by atoms with Crippen LogP contribution in [0.15, 0.2) is 24.3 Å². The van der Waals surface area contributed by atoms with E-state index in [1.807, 2.05) is 25.1 Å². The molecule has 3 aromatic rings. The van der Waals surface area contributed by atoms with E-state index in [0.717, 1.165) is 29.3 Å². The van der Waals surface area contributed by atoms with Crippen molar-refractivity contribution in [3.05, 3.63) is 40.5 Å². The van der Waals surface area contributed by atoms with Crippen LogP contribution in [0.5, 0.6) is 11.6 Å². The van der Waals surface area contributed by atoms with Crippen LogP contribution in [0.3, 0.4) is 0 Å². The average molecular weight is 390 g/mol. The Hall–Kier alpha value is -2.16. The molecule has 0 aliphatic carbocycles. The molecule has 1 aliphatic rings. The molecule has 4 atom stereocenters. The summed E-state index contributed by atoms with van der Waals surface area (Å²) in [4.78, 5) is 7.36. The zero-order valence-electron chi connectivity index (χ0n) is 16.0. The number of fused-ring (bicyclic) bond motifs is 1. The first-order chi connectivity index (χ1) is 13.0. The lowest BCUT2D eigenvalue weighted by molar-refractivity contribution is -0.939. The number of hydrogen-bond acceptors (Lipinski definition) is 6. The molecule has 3 heterocycles. The number of nitrogens with zero attached hydrogens (tertiary/aromatic N) is 3. The predicted octanol–water partition coefficient (Wildman–Crippen LogP) is 1.59. The molecular formula is C19H25N4O3S+. The number of aromatic nitrogens is 3. The van der Waals surface area contributed by atoms with Crippen LogP contribution in [0.4, 0.5) is 0 Å². The Morgan fingerprint density at radius 3 is 2.74 bits per heavy atom. The van der Waals surface area contributed by atoms with Gasteiger partial charge in [-0.15, -0.1) is 5.10 Å². The summed E-state index contributed by atoms with van der Waals surface area (Å²) in [6.07, 6.45) is 0.312. The fourth-order valence-electron chi connectivity index (χ4n) is 3.98. The summed E-state index contributed by atoms with van der Waals surface area (Å²) in [5.74, 6) is 1.63. The Kier molecular flexibility index (Phi) is 4.79. The Morgan fingerprint density at radius 1 is 1.33 bits per heavy atom. The van der Waals surface area contributed by atoms with Crippen LogP contribution >= 0.6 is 11.3 Å². The molecule has 7 nitrogen and oxygen atoms in total. The summed E-state index contributed by atoms with van der Waals surface area (Å²) in [6.45, 7) is 7.75. The van der Waals surface area contributed by atoms with Crippen molar-refractivity contribution in [2.45, 2.75) is 39.0 Å². The van der Waals surface area contributed by atoms with Gasteiger partial charge in [0.15, 0.2) is 6.04 Å². The smallest absolute Gasteiger partial charge is 0.235 e. The fourth-order valence-corrected chi connectivity index (χ4v) is 5.17. The van der Waals surface area contributed by atoms with E-state index in [9.17, 15) is 5.11 Å². The second-order valence-corrected chi connectivity index (χ2v) is 8.19. The predicted molar refractivity (Wildman–Crippen MR) is 103 cm³/mol. The van der Waals surface area contributed by atoms with Gasteiger partial charge in [0, 0.05) is 5.56 Å². The second kappa shape index (κ2) is 7.10. The lowest BCUT2D eigenvalue weighted by atomic mass is 10.0.